The van der Waals surface area contributed by atoms with Crippen molar-refractivity contribution in [3.63, 3.8) is 0 Å². The predicted octanol–water partition coefficient (Wildman–Crippen LogP) is 3.69. The van der Waals surface area contributed by atoms with Crippen LogP contribution in [0.1, 0.15) is 10.4 Å². The van der Waals surface area contributed by atoms with Crippen molar-refractivity contribution in [2.75, 3.05) is 12.3 Å². The molecule has 2 aromatic carbocycles. The molecule has 106 valence electrons. The van der Waals surface area contributed by atoms with Gasteiger partial charge in [-0.25, -0.2) is 0 Å². The van der Waals surface area contributed by atoms with Gasteiger partial charge in [-0.05, 0) is 18.2 Å². The van der Waals surface area contributed by atoms with Crippen LogP contribution in [0.4, 0.5) is 0 Å². The van der Waals surface area contributed by atoms with Crippen LogP contribution in [0.15, 0.2) is 65.7 Å². The summed E-state index contributed by atoms with van der Waals surface area (Å²) >= 11 is 1.74. The maximum Gasteiger partial charge on any atom is 0.253 e. The van der Waals surface area contributed by atoms with Crippen LogP contribution in [-0.2, 0) is 0 Å². The number of fused-ring (bicyclic) bond motifs is 1. The fraction of sp³-hybridized carbons (Fsp3) is 0.118. The van der Waals surface area contributed by atoms with Crippen molar-refractivity contribution in [3.8, 4) is 0 Å². The number of carbonyl (C=O) groups is 1. The highest BCUT2D eigenvalue weighted by Crippen LogP contribution is 2.18. The summed E-state index contributed by atoms with van der Waals surface area (Å²) in [4.78, 5) is 16.5. The second-order valence-corrected chi connectivity index (χ2v) is 5.83. The molecule has 1 amide bonds. The van der Waals surface area contributed by atoms with Gasteiger partial charge in [0.15, 0.2) is 0 Å². The quantitative estimate of drug-likeness (QED) is 0.557. The lowest BCUT2D eigenvalue weighted by molar-refractivity contribution is 0.0958. The molecule has 0 radical (unpaired) electrons. The zero-order chi connectivity index (χ0) is 14.5. The average Bonchev–Trinajstić information content (AvgIpc) is 2.96. The Morgan fingerprint density at radius 3 is 2.67 bits per heavy atom. The highest BCUT2D eigenvalue weighted by Gasteiger charge is 2.10. The molecule has 1 heterocycles. The highest BCUT2D eigenvalue weighted by atomic mass is 32.2. The van der Waals surface area contributed by atoms with Gasteiger partial charge in [-0.3, -0.25) is 4.79 Å². The molecule has 1 aromatic heterocycles. The first-order valence-corrected chi connectivity index (χ1v) is 7.85. The van der Waals surface area contributed by atoms with Crippen molar-refractivity contribution in [2.45, 2.75) is 4.90 Å². The number of benzene rings is 2. The second-order valence-electron chi connectivity index (χ2n) is 4.67. The first-order valence-electron chi connectivity index (χ1n) is 6.87. The van der Waals surface area contributed by atoms with Gasteiger partial charge in [-0.2, -0.15) is 0 Å². The molecule has 0 saturated carbocycles. The molecule has 0 fully saturated rings. The summed E-state index contributed by atoms with van der Waals surface area (Å²) in [7, 11) is 0. The minimum absolute atomic E-state index is 0.0267. The van der Waals surface area contributed by atoms with Gasteiger partial charge in [0.1, 0.15) is 0 Å². The Balaban J connectivity index is 1.55. The molecule has 0 atom stereocenters. The number of hydrogen-bond acceptors (Lipinski definition) is 2. The summed E-state index contributed by atoms with van der Waals surface area (Å²) in [6.45, 7) is 0.651. The average molecular weight is 296 g/mol. The summed E-state index contributed by atoms with van der Waals surface area (Å²) < 4.78 is 0. The fourth-order valence-electron chi connectivity index (χ4n) is 2.20. The molecule has 0 aliphatic rings. The minimum Gasteiger partial charge on any atom is -0.360 e. The van der Waals surface area contributed by atoms with E-state index in [9.17, 15) is 4.79 Å². The molecule has 0 aliphatic carbocycles. The maximum atomic E-state index is 12.2. The molecule has 3 nitrogen and oxygen atoms in total. The molecular formula is C17H16N2OS. The summed E-state index contributed by atoms with van der Waals surface area (Å²) in [6, 6.07) is 18.0. The van der Waals surface area contributed by atoms with Gasteiger partial charge in [-0.1, -0.05) is 36.4 Å². The minimum atomic E-state index is -0.0267. The highest BCUT2D eigenvalue weighted by molar-refractivity contribution is 7.99. The molecule has 3 rings (SSSR count). The van der Waals surface area contributed by atoms with Gasteiger partial charge in [0.2, 0.25) is 0 Å². The van der Waals surface area contributed by atoms with Crippen molar-refractivity contribution in [1.29, 1.82) is 0 Å². The van der Waals surface area contributed by atoms with Crippen LogP contribution in [0.5, 0.6) is 0 Å². The zero-order valence-electron chi connectivity index (χ0n) is 11.5. The summed E-state index contributed by atoms with van der Waals surface area (Å²) in [6.07, 6.45) is 1.77. The Bertz CT molecular complexity index is 737. The zero-order valence-corrected chi connectivity index (χ0v) is 12.3. The van der Waals surface area contributed by atoms with E-state index < -0.39 is 0 Å². The smallest absolute Gasteiger partial charge is 0.253 e. The summed E-state index contributed by atoms with van der Waals surface area (Å²) in [5, 5.41) is 3.93. The lowest BCUT2D eigenvalue weighted by Gasteiger charge is -2.04. The predicted molar refractivity (Wildman–Crippen MR) is 87.8 cm³/mol. The van der Waals surface area contributed by atoms with Crippen molar-refractivity contribution < 1.29 is 4.79 Å². The number of carbonyl (C=O) groups excluding carboxylic acids is 1. The number of aromatic nitrogens is 1. The van der Waals surface area contributed by atoms with Gasteiger partial charge in [0, 0.05) is 34.3 Å². The molecule has 0 aliphatic heterocycles. The molecule has 0 unspecified atom stereocenters. The van der Waals surface area contributed by atoms with Crippen LogP contribution in [0.3, 0.4) is 0 Å². The topological polar surface area (TPSA) is 44.9 Å². The normalized spacial score (nSPS) is 10.7. The number of nitrogens with one attached hydrogen (secondary N) is 2. The number of hydrogen-bond donors (Lipinski definition) is 2. The van der Waals surface area contributed by atoms with Crippen molar-refractivity contribution in [2.24, 2.45) is 0 Å². The molecule has 0 bridgehead atoms. The van der Waals surface area contributed by atoms with E-state index in [4.69, 9.17) is 0 Å². The van der Waals surface area contributed by atoms with E-state index in [2.05, 4.69) is 22.4 Å². The standard InChI is InChI=1S/C17H16N2OS/c20-17(15-12-19-16-9-5-4-8-14(15)16)18-10-11-21-13-6-2-1-3-7-13/h1-9,12,19H,10-11H2,(H,18,20). The Kier molecular flexibility index (Phi) is 4.26. The van der Waals surface area contributed by atoms with E-state index >= 15 is 0 Å². The Morgan fingerprint density at radius 1 is 1.05 bits per heavy atom. The molecule has 3 aromatic rings. The van der Waals surface area contributed by atoms with Gasteiger partial charge in [0.25, 0.3) is 5.91 Å². The van der Waals surface area contributed by atoms with Crippen molar-refractivity contribution in [1.82, 2.24) is 10.3 Å². The number of aromatic amines is 1. The molecular weight excluding hydrogens is 280 g/mol. The maximum absolute atomic E-state index is 12.2. The third-order valence-corrected chi connectivity index (χ3v) is 4.25. The van der Waals surface area contributed by atoms with Crippen LogP contribution in [-0.4, -0.2) is 23.2 Å². The first kappa shape index (κ1) is 13.8. The number of thioether (sulfide) groups is 1. The summed E-state index contributed by atoms with van der Waals surface area (Å²) in [5.74, 6) is 0.832. The van der Waals surface area contributed by atoms with E-state index in [1.807, 2.05) is 42.5 Å². The van der Waals surface area contributed by atoms with Crippen LogP contribution >= 0.6 is 11.8 Å². The summed E-state index contributed by atoms with van der Waals surface area (Å²) in [5.41, 5.74) is 1.69. The van der Waals surface area contributed by atoms with E-state index in [0.29, 0.717) is 12.1 Å². The molecule has 4 heteroatoms. The second kappa shape index (κ2) is 6.50. The van der Waals surface area contributed by atoms with Gasteiger partial charge >= 0.3 is 0 Å². The monoisotopic (exact) mass is 296 g/mol. The third-order valence-electron chi connectivity index (χ3n) is 3.23. The van der Waals surface area contributed by atoms with Crippen molar-refractivity contribution in [3.05, 3.63) is 66.4 Å². The molecule has 0 saturated heterocycles. The number of para-hydroxylation sites is 1. The molecule has 21 heavy (non-hydrogen) atoms. The van der Waals surface area contributed by atoms with Gasteiger partial charge in [-0.15, -0.1) is 11.8 Å². The van der Waals surface area contributed by atoms with E-state index in [1.54, 1.807) is 18.0 Å². The Labute approximate surface area is 127 Å². The van der Waals surface area contributed by atoms with Crippen molar-refractivity contribution >= 4 is 28.6 Å². The molecule has 0 spiro atoms. The molecule has 2 N–H and O–H groups in total. The third kappa shape index (κ3) is 3.28. The first-order chi connectivity index (χ1) is 10.3. The van der Waals surface area contributed by atoms with Crippen LogP contribution in [0.25, 0.3) is 10.9 Å². The Hall–Kier alpha value is -2.20. The lowest BCUT2D eigenvalue weighted by atomic mass is 10.1. The van der Waals surface area contributed by atoms with Crippen LogP contribution in [0, 0.1) is 0 Å². The number of amides is 1. The number of rotatable bonds is 5. The van der Waals surface area contributed by atoms with Crippen LogP contribution in [0.2, 0.25) is 0 Å². The number of H-pyrrole nitrogens is 1. The van der Waals surface area contributed by atoms with E-state index in [0.717, 1.165) is 16.7 Å². The van der Waals surface area contributed by atoms with E-state index in [1.165, 1.54) is 4.90 Å². The van der Waals surface area contributed by atoms with Crippen LogP contribution < -0.4 is 5.32 Å². The largest absolute Gasteiger partial charge is 0.360 e. The van der Waals surface area contributed by atoms with E-state index in [-0.39, 0.29) is 5.91 Å². The SMILES string of the molecule is O=C(NCCSc1ccccc1)c1c[nH]c2ccccc12. The fourth-order valence-corrected chi connectivity index (χ4v) is 2.99. The Morgan fingerprint density at radius 2 is 1.81 bits per heavy atom. The lowest BCUT2D eigenvalue weighted by Crippen LogP contribution is -2.25. The van der Waals surface area contributed by atoms with Gasteiger partial charge < -0.3 is 10.3 Å². The van der Waals surface area contributed by atoms with Gasteiger partial charge in [0.05, 0.1) is 5.56 Å².